The summed E-state index contributed by atoms with van der Waals surface area (Å²) in [6, 6.07) is 4.87. The minimum absolute atomic E-state index is 0.0109. The van der Waals surface area contributed by atoms with Gasteiger partial charge in [-0.25, -0.2) is 17.6 Å². The number of ether oxygens (including phenoxy) is 1. The minimum atomic E-state index is -1.89. The summed E-state index contributed by atoms with van der Waals surface area (Å²) in [7, 11) is 0. The zero-order valence-electron chi connectivity index (χ0n) is 14.8. The third kappa shape index (κ3) is 3.49. The Balaban J connectivity index is 2.74. The van der Waals surface area contributed by atoms with Crippen molar-refractivity contribution in [2.24, 2.45) is 5.11 Å². The molecule has 0 amide bonds. The van der Waals surface area contributed by atoms with Gasteiger partial charge in [-0.2, -0.15) is 15.8 Å². The van der Waals surface area contributed by atoms with Gasteiger partial charge in [-0.15, -0.1) is 0 Å². The molecule has 1 aromatic rings. The van der Waals surface area contributed by atoms with E-state index in [-0.39, 0.29) is 16.9 Å². The van der Waals surface area contributed by atoms with Crippen LogP contribution in [0.4, 0.5) is 23.2 Å². The van der Waals surface area contributed by atoms with Crippen molar-refractivity contribution >= 4 is 11.8 Å². The summed E-state index contributed by atoms with van der Waals surface area (Å²) in [6.07, 6.45) is 1.64. The van der Waals surface area contributed by atoms with E-state index in [9.17, 15) is 22.8 Å². The molecule has 29 heavy (non-hydrogen) atoms. The van der Waals surface area contributed by atoms with Gasteiger partial charge < -0.3 is 4.74 Å². The van der Waals surface area contributed by atoms with Gasteiger partial charge in [0.2, 0.25) is 0 Å². The highest BCUT2D eigenvalue weighted by Gasteiger charge is 2.38. The first-order chi connectivity index (χ1) is 13.6. The highest BCUT2D eigenvalue weighted by Crippen LogP contribution is 2.41. The molecule has 0 saturated carbocycles. The van der Waals surface area contributed by atoms with Crippen LogP contribution in [0.15, 0.2) is 33.7 Å². The molecule has 7 nitrogen and oxygen atoms in total. The molecule has 144 valence electrons. The van der Waals surface area contributed by atoms with Gasteiger partial charge >= 0.3 is 0 Å². The minimum Gasteiger partial charge on any atom is -0.480 e. The average Bonchev–Trinajstić information content (AvgIpc) is 2.94. The Bertz CT molecular complexity index is 1140. The molecule has 0 saturated heterocycles. The molecule has 0 fully saturated rings. The molecule has 0 aromatic heterocycles. The van der Waals surface area contributed by atoms with Crippen molar-refractivity contribution in [1.29, 1.82) is 15.8 Å². The number of hydrogen-bond acceptors (Lipinski definition) is 5. The highest BCUT2D eigenvalue weighted by atomic mass is 19.2. The monoisotopic (exact) mass is 400 g/mol. The van der Waals surface area contributed by atoms with Crippen molar-refractivity contribution < 1.29 is 22.3 Å². The summed E-state index contributed by atoms with van der Waals surface area (Å²) in [5.41, 5.74) is 3.63. The molecule has 0 unspecified atom stereocenters. The molecule has 1 aromatic carbocycles. The number of nitrogens with zero attached hydrogens (tertiary/aromatic N) is 6. The molecule has 0 bridgehead atoms. The van der Waals surface area contributed by atoms with E-state index >= 15 is 0 Å². The van der Waals surface area contributed by atoms with E-state index in [4.69, 9.17) is 20.8 Å². The van der Waals surface area contributed by atoms with Crippen LogP contribution in [-0.2, 0) is 4.74 Å². The van der Waals surface area contributed by atoms with Gasteiger partial charge in [0, 0.05) is 10.5 Å². The predicted molar refractivity (Wildman–Crippen MR) is 90.2 cm³/mol. The van der Waals surface area contributed by atoms with Gasteiger partial charge in [0.1, 0.15) is 35.1 Å². The lowest BCUT2D eigenvalue weighted by atomic mass is 9.94. The van der Waals surface area contributed by atoms with Crippen LogP contribution in [0.3, 0.4) is 0 Å². The van der Waals surface area contributed by atoms with E-state index < -0.39 is 45.7 Å². The van der Waals surface area contributed by atoms with Crippen molar-refractivity contribution in [2.75, 3.05) is 0 Å². The van der Waals surface area contributed by atoms with E-state index in [1.807, 2.05) is 0 Å². The standard InChI is InChI=1S/C18H8F4N6O/c1-18(2)11(10(7-25)17(29-18)8(5-23)6-24)4-3-9-12(19)14(21)16(27-28-26)15(22)13(9)20/h3-4H,1-2H3. The largest absolute Gasteiger partial charge is 0.480 e. The number of benzene rings is 1. The highest BCUT2D eigenvalue weighted by molar-refractivity contribution is 5.65. The molecule has 0 radical (unpaired) electrons. The number of allylic oxidation sites excluding steroid dienone is 2. The fourth-order valence-corrected chi connectivity index (χ4v) is 2.56. The predicted octanol–water partition coefficient (Wildman–Crippen LogP) is 5.13. The van der Waals surface area contributed by atoms with Crippen molar-refractivity contribution in [2.45, 2.75) is 19.4 Å². The van der Waals surface area contributed by atoms with Gasteiger partial charge in [-0.05, 0) is 25.5 Å². The zero-order chi connectivity index (χ0) is 21.9. The van der Waals surface area contributed by atoms with E-state index in [0.717, 1.165) is 6.08 Å². The Hall–Kier alpha value is -4.26. The van der Waals surface area contributed by atoms with E-state index in [2.05, 4.69) is 10.0 Å². The van der Waals surface area contributed by atoms with Gasteiger partial charge in [0.25, 0.3) is 0 Å². The summed E-state index contributed by atoms with van der Waals surface area (Å²) >= 11 is 0. The van der Waals surface area contributed by atoms with Crippen LogP contribution >= 0.6 is 0 Å². The number of hydrogen-bond donors (Lipinski definition) is 0. The van der Waals surface area contributed by atoms with E-state index in [1.54, 1.807) is 18.2 Å². The van der Waals surface area contributed by atoms with Crippen molar-refractivity contribution in [3.05, 3.63) is 67.8 Å². The zero-order valence-corrected chi connectivity index (χ0v) is 14.8. The fraction of sp³-hybridized carbons (Fsp3) is 0.167. The quantitative estimate of drug-likeness (QED) is 0.174. The van der Waals surface area contributed by atoms with Crippen LogP contribution in [0.25, 0.3) is 16.5 Å². The molecule has 2 rings (SSSR count). The lowest BCUT2D eigenvalue weighted by molar-refractivity contribution is 0.0954. The van der Waals surface area contributed by atoms with Crippen LogP contribution in [-0.4, -0.2) is 5.60 Å². The van der Waals surface area contributed by atoms with Gasteiger partial charge in [-0.1, -0.05) is 11.2 Å². The summed E-state index contributed by atoms with van der Waals surface area (Å²) < 4.78 is 61.6. The third-order valence-electron chi connectivity index (χ3n) is 3.90. The first-order valence-corrected chi connectivity index (χ1v) is 7.62. The number of azide groups is 1. The normalized spacial score (nSPS) is 14.7. The summed E-state index contributed by atoms with van der Waals surface area (Å²) in [5, 5.41) is 29.9. The maximum absolute atomic E-state index is 14.2. The lowest BCUT2D eigenvalue weighted by Crippen LogP contribution is -2.20. The SMILES string of the molecule is CC1(C)OC(=C(C#N)C#N)C(C#N)=C1C=Cc1c(F)c(F)c(N=[N+]=[N-])c(F)c1F. The Morgan fingerprint density at radius 1 is 1.03 bits per heavy atom. The first kappa shape index (κ1) is 21.0. The van der Waals surface area contributed by atoms with Crippen LogP contribution in [0.5, 0.6) is 0 Å². The van der Waals surface area contributed by atoms with Crippen LogP contribution < -0.4 is 0 Å². The fourth-order valence-electron chi connectivity index (χ4n) is 2.56. The van der Waals surface area contributed by atoms with E-state index in [1.165, 1.54) is 13.8 Å². The molecule has 0 N–H and O–H groups in total. The Labute approximate surface area is 161 Å². The molecule has 1 aliphatic heterocycles. The molecule has 0 aliphatic carbocycles. The summed E-state index contributed by atoms with van der Waals surface area (Å²) in [6.45, 7) is 2.89. The molecule has 1 heterocycles. The Kier molecular flexibility index (Phi) is 5.64. The number of nitriles is 3. The van der Waals surface area contributed by atoms with Gasteiger partial charge in [-0.3, -0.25) is 0 Å². The first-order valence-electron chi connectivity index (χ1n) is 7.62. The second-order valence-corrected chi connectivity index (χ2v) is 5.98. The van der Waals surface area contributed by atoms with Crippen molar-refractivity contribution in [3.63, 3.8) is 0 Å². The summed E-state index contributed by atoms with van der Waals surface area (Å²) in [4.78, 5) is 2.11. The van der Waals surface area contributed by atoms with Crippen molar-refractivity contribution in [1.82, 2.24) is 0 Å². The maximum atomic E-state index is 14.2. The van der Waals surface area contributed by atoms with Crippen LogP contribution in [0, 0.1) is 57.3 Å². The number of halogens is 4. The Morgan fingerprint density at radius 3 is 2.03 bits per heavy atom. The number of rotatable bonds is 3. The topological polar surface area (TPSA) is 129 Å². The second-order valence-electron chi connectivity index (χ2n) is 5.98. The Morgan fingerprint density at radius 2 is 1.59 bits per heavy atom. The van der Waals surface area contributed by atoms with Gasteiger partial charge in [0.15, 0.2) is 34.6 Å². The van der Waals surface area contributed by atoms with Gasteiger partial charge in [0.05, 0.1) is 5.56 Å². The molecule has 11 heteroatoms. The molecule has 0 spiro atoms. The van der Waals surface area contributed by atoms with Crippen molar-refractivity contribution in [3.8, 4) is 18.2 Å². The maximum Gasteiger partial charge on any atom is 0.172 e. The van der Waals surface area contributed by atoms with E-state index in [0.29, 0.717) is 6.08 Å². The molecule has 0 atom stereocenters. The molecule has 1 aliphatic rings. The summed E-state index contributed by atoms with van der Waals surface area (Å²) in [5.74, 6) is -7.74. The molecular weight excluding hydrogens is 392 g/mol. The third-order valence-corrected chi connectivity index (χ3v) is 3.90. The molecular formula is C18H8F4N6O. The van der Waals surface area contributed by atoms with Crippen LogP contribution in [0.2, 0.25) is 0 Å². The van der Waals surface area contributed by atoms with Crippen LogP contribution in [0.1, 0.15) is 19.4 Å². The smallest absolute Gasteiger partial charge is 0.172 e. The second kappa shape index (κ2) is 7.77. The average molecular weight is 400 g/mol. The lowest BCUT2D eigenvalue weighted by Gasteiger charge is -2.20.